The van der Waals surface area contributed by atoms with Crippen LogP contribution in [0.2, 0.25) is 5.02 Å². The fourth-order valence-corrected chi connectivity index (χ4v) is 3.32. The highest BCUT2D eigenvalue weighted by molar-refractivity contribution is 9.10. The Kier molecular flexibility index (Phi) is 5.76. The van der Waals surface area contributed by atoms with Crippen LogP contribution in [0.1, 0.15) is 30.5 Å². The van der Waals surface area contributed by atoms with E-state index < -0.39 is 0 Å². The lowest BCUT2D eigenvalue weighted by Crippen LogP contribution is -2.27. The molecule has 1 unspecified atom stereocenters. The van der Waals surface area contributed by atoms with E-state index in [-0.39, 0.29) is 18.6 Å². The summed E-state index contributed by atoms with van der Waals surface area (Å²) in [7, 11) is 0. The first kappa shape index (κ1) is 18.0. The smallest absolute Gasteiger partial charge is 0.327 e. The van der Waals surface area contributed by atoms with Crippen LogP contribution in [0.15, 0.2) is 58.1 Å². The normalized spacial score (nSPS) is 16.7. The second-order valence-corrected chi connectivity index (χ2v) is 7.08. The average Bonchev–Trinajstić information content (AvgIpc) is 2.99. The van der Waals surface area contributed by atoms with Gasteiger partial charge < -0.3 is 4.74 Å². The van der Waals surface area contributed by atoms with E-state index >= 15 is 0 Å². The summed E-state index contributed by atoms with van der Waals surface area (Å²) >= 11 is 9.59. The Bertz CT molecular complexity index is 792. The van der Waals surface area contributed by atoms with Crippen molar-refractivity contribution in [2.75, 3.05) is 13.2 Å². The first-order valence-electron chi connectivity index (χ1n) is 8.08. The number of hydrogen-bond donors (Lipinski definition) is 0. The molecule has 0 aromatic heterocycles. The number of halogens is 2. The molecule has 0 bridgehead atoms. The summed E-state index contributed by atoms with van der Waals surface area (Å²) in [6.07, 6.45) is 0.710. The third-order valence-corrected chi connectivity index (χ3v) is 4.77. The van der Waals surface area contributed by atoms with Crippen molar-refractivity contribution in [3.63, 3.8) is 0 Å². The fraction of sp³-hybridized carbons (Fsp3) is 0.263. The minimum Gasteiger partial charge on any atom is -0.465 e. The predicted octanol–water partition coefficient (Wildman–Crippen LogP) is 4.82. The number of rotatable bonds is 5. The minimum atomic E-state index is -0.282. The number of carbonyl (C=O) groups is 1. The van der Waals surface area contributed by atoms with Gasteiger partial charge in [-0.05, 0) is 42.3 Å². The molecule has 0 radical (unpaired) electrons. The third kappa shape index (κ3) is 4.41. The van der Waals surface area contributed by atoms with Crippen molar-refractivity contribution >= 4 is 39.2 Å². The van der Waals surface area contributed by atoms with Gasteiger partial charge in [0, 0.05) is 15.9 Å². The summed E-state index contributed by atoms with van der Waals surface area (Å²) in [6, 6.07) is 15.7. The summed E-state index contributed by atoms with van der Waals surface area (Å²) in [5.41, 5.74) is 3.02. The molecule has 2 aromatic carbocycles. The Balaban J connectivity index is 1.89. The summed E-state index contributed by atoms with van der Waals surface area (Å²) < 4.78 is 6.10. The van der Waals surface area contributed by atoms with Crippen LogP contribution in [-0.4, -0.2) is 29.8 Å². The fourth-order valence-electron chi connectivity index (χ4n) is 2.86. The molecule has 0 saturated heterocycles. The van der Waals surface area contributed by atoms with E-state index in [2.05, 4.69) is 21.0 Å². The van der Waals surface area contributed by atoms with Crippen LogP contribution in [0.5, 0.6) is 0 Å². The van der Waals surface area contributed by atoms with Crippen molar-refractivity contribution in [1.29, 1.82) is 0 Å². The number of benzene rings is 2. The number of nitrogens with zero attached hydrogens (tertiary/aromatic N) is 2. The molecule has 1 heterocycles. The van der Waals surface area contributed by atoms with E-state index in [9.17, 15) is 4.79 Å². The zero-order valence-electron chi connectivity index (χ0n) is 13.8. The molecule has 0 fully saturated rings. The SMILES string of the molecule is CCOC(=O)CN1N=C(c2ccc(Br)cc2)CC1c1cccc(Cl)c1. The van der Waals surface area contributed by atoms with Gasteiger partial charge in [-0.25, -0.2) is 0 Å². The van der Waals surface area contributed by atoms with E-state index in [1.165, 1.54) is 0 Å². The second kappa shape index (κ2) is 8.02. The maximum absolute atomic E-state index is 12.0. The van der Waals surface area contributed by atoms with Crippen molar-refractivity contribution < 1.29 is 9.53 Å². The van der Waals surface area contributed by atoms with Crippen molar-refractivity contribution in [3.8, 4) is 0 Å². The van der Waals surface area contributed by atoms with Crippen LogP contribution in [-0.2, 0) is 9.53 Å². The number of ether oxygens (including phenoxy) is 1. The molecule has 25 heavy (non-hydrogen) atoms. The van der Waals surface area contributed by atoms with Crippen LogP contribution in [0.4, 0.5) is 0 Å². The molecule has 0 N–H and O–H groups in total. The molecule has 1 aliphatic heterocycles. The number of esters is 1. The number of hydrogen-bond acceptors (Lipinski definition) is 4. The van der Waals surface area contributed by atoms with Gasteiger partial charge in [-0.1, -0.05) is 51.8 Å². The Hall–Kier alpha value is -1.85. The third-order valence-electron chi connectivity index (χ3n) is 4.00. The van der Waals surface area contributed by atoms with Gasteiger partial charge in [0.1, 0.15) is 6.54 Å². The zero-order chi connectivity index (χ0) is 17.8. The lowest BCUT2D eigenvalue weighted by atomic mass is 9.98. The lowest BCUT2D eigenvalue weighted by molar-refractivity contribution is -0.144. The molecule has 4 nitrogen and oxygen atoms in total. The van der Waals surface area contributed by atoms with Gasteiger partial charge in [-0.15, -0.1) is 0 Å². The van der Waals surface area contributed by atoms with Gasteiger partial charge in [-0.2, -0.15) is 5.10 Å². The Labute approximate surface area is 160 Å². The second-order valence-electron chi connectivity index (χ2n) is 5.73. The van der Waals surface area contributed by atoms with Crippen LogP contribution < -0.4 is 0 Å². The highest BCUT2D eigenvalue weighted by Gasteiger charge is 2.30. The van der Waals surface area contributed by atoms with Gasteiger partial charge in [0.15, 0.2) is 0 Å². The quantitative estimate of drug-likeness (QED) is 0.650. The van der Waals surface area contributed by atoms with Crippen LogP contribution in [0.25, 0.3) is 0 Å². The van der Waals surface area contributed by atoms with Crippen molar-refractivity contribution in [2.45, 2.75) is 19.4 Å². The molecule has 6 heteroatoms. The molecule has 130 valence electrons. The molecular formula is C19H18BrClN2O2. The van der Waals surface area contributed by atoms with E-state index in [1.54, 1.807) is 11.9 Å². The van der Waals surface area contributed by atoms with Crippen LogP contribution in [0.3, 0.4) is 0 Å². The average molecular weight is 422 g/mol. The van der Waals surface area contributed by atoms with Crippen LogP contribution in [0, 0.1) is 0 Å². The summed E-state index contributed by atoms with van der Waals surface area (Å²) in [5.74, 6) is -0.282. The largest absolute Gasteiger partial charge is 0.465 e. The van der Waals surface area contributed by atoms with E-state index in [1.807, 2.05) is 48.5 Å². The maximum atomic E-state index is 12.0. The van der Waals surface area contributed by atoms with E-state index in [4.69, 9.17) is 16.3 Å². The summed E-state index contributed by atoms with van der Waals surface area (Å²) in [6.45, 7) is 2.27. The molecule has 3 rings (SSSR count). The lowest BCUT2D eigenvalue weighted by Gasteiger charge is -2.23. The zero-order valence-corrected chi connectivity index (χ0v) is 16.1. The standard InChI is InChI=1S/C19H18BrClN2O2/c1-2-25-19(24)12-23-18(14-4-3-5-16(21)10-14)11-17(22-23)13-6-8-15(20)9-7-13/h3-10,18H,2,11-12H2,1H3. The monoisotopic (exact) mass is 420 g/mol. The molecular weight excluding hydrogens is 404 g/mol. The van der Waals surface area contributed by atoms with E-state index in [0.717, 1.165) is 21.3 Å². The Morgan fingerprint density at radius 3 is 2.76 bits per heavy atom. The van der Waals surface area contributed by atoms with Crippen molar-refractivity contribution in [3.05, 3.63) is 69.2 Å². The first-order valence-corrected chi connectivity index (χ1v) is 9.25. The molecule has 1 aliphatic rings. The van der Waals surface area contributed by atoms with Gasteiger partial charge in [0.25, 0.3) is 0 Å². The molecule has 0 spiro atoms. The molecule has 2 aromatic rings. The Morgan fingerprint density at radius 2 is 2.08 bits per heavy atom. The molecule has 0 aliphatic carbocycles. The summed E-state index contributed by atoms with van der Waals surface area (Å²) in [4.78, 5) is 12.0. The van der Waals surface area contributed by atoms with Gasteiger partial charge in [0.2, 0.25) is 0 Å². The highest BCUT2D eigenvalue weighted by atomic mass is 79.9. The Morgan fingerprint density at radius 1 is 1.32 bits per heavy atom. The van der Waals surface area contributed by atoms with Crippen LogP contribution >= 0.6 is 27.5 Å². The highest BCUT2D eigenvalue weighted by Crippen LogP contribution is 2.33. The minimum absolute atomic E-state index is 0.0400. The van der Waals surface area contributed by atoms with Gasteiger partial charge in [-0.3, -0.25) is 9.80 Å². The number of carbonyl (C=O) groups excluding carboxylic acids is 1. The predicted molar refractivity (Wildman–Crippen MR) is 103 cm³/mol. The molecule has 1 atom stereocenters. The molecule has 0 amide bonds. The van der Waals surface area contributed by atoms with Crippen molar-refractivity contribution in [2.24, 2.45) is 5.10 Å². The van der Waals surface area contributed by atoms with E-state index in [0.29, 0.717) is 18.1 Å². The summed E-state index contributed by atoms with van der Waals surface area (Å²) in [5, 5.41) is 7.15. The van der Waals surface area contributed by atoms with Gasteiger partial charge in [0.05, 0.1) is 18.4 Å². The first-order chi connectivity index (χ1) is 12.1. The topological polar surface area (TPSA) is 41.9 Å². The molecule has 0 saturated carbocycles. The van der Waals surface area contributed by atoms with Crippen molar-refractivity contribution in [1.82, 2.24) is 5.01 Å². The maximum Gasteiger partial charge on any atom is 0.327 e. The number of hydrazone groups is 1. The van der Waals surface area contributed by atoms with Gasteiger partial charge >= 0.3 is 5.97 Å².